The SMILES string of the molecule is CN(C)CCCCN(Cc1ccc(C(=O)Nc2ccccc2NC(=O)OC(C)(C)C)nc1)C(=O)NC1=COC=C(C2=CC=CCC2)O1. The first kappa shape index (κ1) is 34.8. The van der Waals surface area contributed by atoms with E-state index in [0.717, 1.165) is 43.4 Å². The number of anilines is 2. The normalized spacial score (nSPS) is 14.1. The van der Waals surface area contributed by atoms with Gasteiger partial charge in [-0.25, -0.2) is 9.59 Å². The highest BCUT2D eigenvalue weighted by atomic mass is 16.6. The minimum atomic E-state index is -0.669. The van der Waals surface area contributed by atoms with Crippen molar-refractivity contribution in [2.75, 3.05) is 37.8 Å². The molecule has 0 saturated carbocycles. The van der Waals surface area contributed by atoms with Crippen LogP contribution in [-0.2, 0) is 20.8 Å². The molecular formula is C35H44N6O6. The first-order valence-corrected chi connectivity index (χ1v) is 15.6. The van der Waals surface area contributed by atoms with Gasteiger partial charge in [-0.15, -0.1) is 0 Å². The van der Waals surface area contributed by atoms with Crippen LogP contribution in [-0.4, -0.2) is 65.6 Å². The number of unbranched alkanes of at least 4 members (excludes halogenated alkanes) is 1. The van der Waals surface area contributed by atoms with E-state index in [0.29, 0.717) is 23.7 Å². The number of pyridine rings is 1. The smallest absolute Gasteiger partial charge is 0.412 e. The van der Waals surface area contributed by atoms with Crippen LogP contribution in [0.1, 0.15) is 62.5 Å². The number of aromatic nitrogens is 1. The van der Waals surface area contributed by atoms with E-state index in [9.17, 15) is 14.4 Å². The van der Waals surface area contributed by atoms with Gasteiger partial charge in [0.15, 0.2) is 12.0 Å². The van der Waals surface area contributed by atoms with Crippen LogP contribution in [0.25, 0.3) is 0 Å². The quantitative estimate of drug-likeness (QED) is 0.223. The first-order chi connectivity index (χ1) is 22.5. The highest BCUT2D eigenvalue weighted by Crippen LogP contribution is 2.26. The van der Waals surface area contributed by atoms with Crippen LogP contribution >= 0.6 is 0 Å². The van der Waals surface area contributed by atoms with Crippen LogP contribution in [0.5, 0.6) is 0 Å². The minimum Gasteiger partial charge on any atom is -0.463 e. The zero-order valence-corrected chi connectivity index (χ0v) is 27.7. The highest BCUT2D eigenvalue weighted by Gasteiger charge is 2.22. The largest absolute Gasteiger partial charge is 0.463 e. The van der Waals surface area contributed by atoms with Crippen LogP contribution in [0.15, 0.2) is 90.6 Å². The molecule has 4 amide bonds. The van der Waals surface area contributed by atoms with Crippen molar-refractivity contribution in [1.29, 1.82) is 0 Å². The second kappa shape index (κ2) is 16.5. The van der Waals surface area contributed by atoms with Crippen molar-refractivity contribution in [3.05, 3.63) is 102 Å². The molecule has 47 heavy (non-hydrogen) atoms. The molecule has 1 aliphatic heterocycles. The molecule has 250 valence electrons. The van der Waals surface area contributed by atoms with Gasteiger partial charge >= 0.3 is 12.1 Å². The van der Waals surface area contributed by atoms with E-state index in [2.05, 4.69) is 31.9 Å². The molecule has 12 nitrogen and oxygen atoms in total. The molecule has 1 aliphatic carbocycles. The van der Waals surface area contributed by atoms with E-state index in [-0.39, 0.29) is 24.2 Å². The topological polar surface area (TPSA) is 134 Å². The number of amides is 4. The molecule has 0 radical (unpaired) electrons. The lowest BCUT2D eigenvalue weighted by Gasteiger charge is -2.25. The Balaban J connectivity index is 1.39. The summed E-state index contributed by atoms with van der Waals surface area (Å²) in [6.45, 7) is 6.97. The Bertz CT molecular complexity index is 1540. The molecule has 0 fully saturated rings. The number of allylic oxidation sites excluding steroid dienone is 4. The van der Waals surface area contributed by atoms with Crippen molar-refractivity contribution in [3.8, 4) is 0 Å². The van der Waals surface area contributed by atoms with Crippen LogP contribution in [0.2, 0.25) is 0 Å². The van der Waals surface area contributed by atoms with Gasteiger partial charge in [-0.3, -0.25) is 20.4 Å². The van der Waals surface area contributed by atoms with Gasteiger partial charge in [0, 0.05) is 19.3 Å². The number of ether oxygens (including phenoxy) is 3. The second-order valence-corrected chi connectivity index (χ2v) is 12.4. The molecule has 0 atom stereocenters. The van der Waals surface area contributed by atoms with Gasteiger partial charge in [0.25, 0.3) is 5.91 Å². The molecule has 4 rings (SSSR count). The lowest BCUT2D eigenvalue weighted by molar-refractivity contribution is 0.0635. The molecule has 1 aromatic heterocycles. The molecule has 12 heteroatoms. The van der Waals surface area contributed by atoms with Crippen molar-refractivity contribution in [3.63, 3.8) is 0 Å². The van der Waals surface area contributed by atoms with Gasteiger partial charge in [-0.1, -0.05) is 36.4 Å². The third-order valence-electron chi connectivity index (χ3n) is 6.94. The lowest BCUT2D eigenvalue weighted by atomic mass is 10.0. The molecule has 0 saturated heterocycles. The number of hydrogen-bond donors (Lipinski definition) is 3. The molecule has 0 unspecified atom stereocenters. The van der Waals surface area contributed by atoms with Gasteiger partial charge in [0.2, 0.25) is 5.88 Å². The number of urea groups is 1. The maximum Gasteiger partial charge on any atom is 0.412 e. The van der Waals surface area contributed by atoms with Crippen molar-refractivity contribution < 1.29 is 28.6 Å². The number of rotatable bonds is 12. The summed E-state index contributed by atoms with van der Waals surface area (Å²) in [4.78, 5) is 47.0. The van der Waals surface area contributed by atoms with Crippen molar-refractivity contribution in [1.82, 2.24) is 20.1 Å². The van der Waals surface area contributed by atoms with Crippen molar-refractivity contribution in [2.45, 2.75) is 58.6 Å². The number of para-hydroxylation sites is 2. The maximum atomic E-state index is 13.4. The standard InChI is InChI=1S/C35H44N6O6/c1-35(2,3)47-34(44)38-28-16-10-9-15-27(28)37-32(42)29-18-17-25(21-36-29)22-41(20-12-11-19-40(4)5)33(43)39-31-24-45-23-30(46-31)26-13-7-6-8-14-26/h6-7,9-10,13,15-18,21,23-24H,8,11-12,14,19-20,22H2,1-5H3,(H,37,42)(H,38,44)(H,39,43). The highest BCUT2D eigenvalue weighted by molar-refractivity contribution is 6.05. The Hall–Kier alpha value is -5.10. The van der Waals surface area contributed by atoms with Crippen LogP contribution in [0.3, 0.4) is 0 Å². The van der Waals surface area contributed by atoms with E-state index >= 15 is 0 Å². The molecule has 3 N–H and O–H groups in total. The lowest BCUT2D eigenvalue weighted by Crippen LogP contribution is -2.40. The maximum absolute atomic E-state index is 13.4. The number of carbonyl (C=O) groups is 3. The minimum absolute atomic E-state index is 0.173. The van der Waals surface area contributed by atoms with Crippen LogP contribution in [0, 0.1) is 0 Å². The summed E-state index contributed by atoms with van der Waals surface area (Å²) < 4.78 is 16.7. The summed E-state index contributed by atoms with van der Waals surface area (Å²) in [5.74, 6) is 0.306. The summed E-state index contributed by atoms with van der Waals surface area (Å²) in [6.07, 6.45) is 13.3. The molecule has 2 heterocycles. The summed E-state index contributed by atoms with van der Waals surface area (Å²) in [5, 5.41) is 8.29. The van der Waals surface area contributed by atoms with E-state index < -0.39 is 17.6 Å². The zero-order chi connectivity index (χ0) is 33.8. The Labute approximate surface area is 276 Å². The number of benzene rings is 1. The average molecular weight is 645 g/mol. The summed E-state index contributed by atoms with van der Waals surface area (Å²) in [6, 6.07) is 9.83. The predicted octanol–water partition coefficient (Wildman–Crippen LogP) is 6.50. The van der Waals surface area contributed by atoms with E-state index in [4.69, 9.17) is 14.2 Å². The molecule has 0 bridgehead atoms. The third-order valence-corrected chi connectivity index (χ3v) is 6.94. The average Bonchev–Trinajstić information content (AvgIpc) is 3.03. The van der Waals surface area contributed by atoms with Crippen LogP contribution in [0.4, 0.5) is 21.0 Å². The number of hydrogen-bond acceptors (Lipinski definition) is 8. The fourth-order valence-electron chi connectivity index (χ4n) is 4.67. The van der Waals surface area contributed by atoms with Gasteiger partial charge in [-0.2, -0.15) is 0 Å². The number of nitrogens with zero attached hydrogens (tertiary/aromatic N) is 3. The molecular weight excluding hydrogens is 600 g/mol. The van der Waals surface area contributed by atoms with Crippen molar-refractivity contribution >= 4 is 29.4 Å². The first-order valence-electron chi connectivity index (χ1n) is 15.6. The molecule has 2 aromatic rings. The van der Waals surface area contributed by atoms with E-state index in [1.807, 2.05) is 26.2 Å². The van der Waals surface area contributed by atoms with E-state index in [1.54, 1.807) is 68.3 Å². The summed E-state index contributed by atoms with van der Waals surface area (Å²) >= 11 is 0. The number of carbonyl (C=O) groups excluding carboxylic acids is 3. The summed E-state index contributed by atoms with van der Waals surface area (Å²) in [7, 11) is 4.03. The fraction of sp³-hybridized carbons (Fsp3) is 0.371. The van der Waals surface area contributed by atoms with Gasteiger partial charge in [-0.05, 0) is 96.4 Å². The molecule has 2 aliphatic rings. The fourth-order valence-corrected chi connectivity index (χ4v) is 4.67. The van der Waals surface area contributed by atoms with Gasteiger partial charge < -0.3 is 29.3 Å². The Kier molecular flexibility index (Phi) is 12.2. The van der Waals surface area contributed by atoms with Crippen LogP contribution < -0.4 is 16.0 Å². The van der Waals surface area contributed by atoms with Crippen molar-refractivity contribution in [2.24, 2.45) is 0 Å². The Morgan fingerprint density at radius 1 is 0.957 bits per heavy atom. The van der Waals surface area contributed by atoms with E-state index in [1.165, 1.54) is 12.5 Å². The Morgan fingerprint density at radius 2 is 1.70 bits per heavy atom. The predicted molar refractivity (Wildman–Crippen MR) is 180 cm³/mol. The van der Waals surface area contributed by atoms with Gasteiger partial charge in [0.1, 0.15) is 17.6 Å². The van der Waals surface area contributed by atoms with Gasteiger partial charge in [0.05, 0.1) is 11.4 Å². The molecule has 0 spiro atoms. The Morgan fingerprint density at radius 3 is 2.36 bits per heavy atom. The third kappa shape index (κ3) is 11.3. The molecule has 1 aromatic carbocycles. The second-order valence-electron chi connectivity index (χ2n) is 12.4. The zero-order valence-electron chi connectivity index (χ0n) is 27.7. The summed E-state index contributed by atoms with van der Waals surface area (Å²) in [5.41, 5.74) is 2.02. The monoisotopic (exact) mass is 644 g/mol. The number of nitrogens with one attached hydrogen (secondary N) is 3.